The average molecular weight is 276 g/mol. The maximum atomic E-state index is 12.0. The third-order valence-corrected chi connectivity index (χ3v) is 4.38. The first kappa shape index (κ1) is 13.7. The lowest BCUT2D eigenvalue weighted by atomic mass is 10.3. The average Bonchev–Trinajstić information content (AvgIpc) is 3.32. The molecule has 0 radical (unpaired) electrons. The predicted octanol–water partition coefficient (Wildman–Crippen LogP) is 2.36. The lowest BCUT2D eigenvalue weighted by Gasteiger charge is -2.16. The Morgan fingerprint density at radius 3 is 2.85 bits per heavy atom. The second-order valence-electron chi connectivity index (χ2n) is 6.45. The van der Waals surface area contributed by atoms with Crippen molar-refractivity contribution in [2.75, 3.05) is 20.1 Å². The van der Waals surface area contributed by atoms with E-state index in [2.05, 4.69) is 18.3 Å². The van der Waals surface area contributed by atoms with Crippen LogP contribution in [0.4, 0.5) is 0 Å². The molecule has 2 atom stereocenters. The molecule has 1 amide bonds. The molecule has 1 N–H and O–H groups in total. The van der Waals surface area contributed by atoms with Gasteiger partial charge in [0.1, 0.15) is 11.5 Å². The highest BCUT2D eigenvalue weighted by Crippen LogP contribution is 2.47. The van der Waals surface area contributed by atoms with E-state index < -0.39 is 0 Å². The Morgan fingerprint density at radius 2 is 2.20 bits per heavy atom. The van der Waals surface area contributed by atoms with Gasteiger partial charge in [0.15, 0.2) is 0 Å². The molecule has 0 spiro atoms. The highest BCUT2D eigenvalue weighted by molar-refractivity contribution is 5.77. The van der Waals surface area contributed by atoms with Crippen LogP contribution in [-0.2, 0) is 11.3 Å². The summed E-state index contributed by atoms with van der Waals surface area (Å²) in [5, 5.41) is 3.23. The molecule has 110 valence electrons. The molecule has 2 aliphatic rings. The first-order chi connectivity index (χ1) is 9.63. The molecule has 1 aromatic heterocycles. The molecule has 1 aromatic rings. The minimum atomic E-state index is 0.128. The van der Waals surface area contributed by atoms with Crippen LogP contribution in [0.25, 0.3) is 0 Å². The van der Waals surface area contributed by atoms with E-state index in [0.29, 0.717) is 19.0 Å². The highest BCUT2D eigenvalue weighted by Gasteiger charge is 2.36. The van der Waals surface area contributed by atoms with Crippen LogP contribution in [0, 0.1) is 11.8 Å². The Hall–Kier alpha value is -1.29. The fourth-order valence-corrected chi connectivity index (χ4v) is 2.56. The number of likely N-dealkylation sites (N-methyl/N-ethyl adjacent to an activating group) is 1. The summed E-state index contributed by atoms with van der Waals surface area (Å²) in [6, 6.07) is 4.06. The van der Waals surface area contributed by atoms with Gasteiger partial charge in [0.25, 0.3) is 0 Å². The Balaban J connectivity index is 1.43. The molecule has 2 saturated carbocycles. The van der Waals surface area contributed by atoms with E-state index >= 15 is 0 Å². The quantitative estimate of drug-likeness (QED) is 0.831. The molecule has 20 heavy (non-hydrogen) atoms. The number of carbonyl (C=O) groups is 1. The molecule has 2 fully saturated rings. The van der Waals surface area contributed by atoms with Crippen LogP contribution in [0.5, 0.6) is 0 Å². The minimum Gasteiger partial charge on any atom is -0.464 e. The van der Waals surface area contributed by atoms with Crippen molar-refractivity contribution < 1.29 is 9.21 Å². The number of nitrogens with zero attached hydrogens (tertiary/aromatic N) is 1. The van der Waals surface area contributed by atoms with Crippen LogP contribution in [-0.4, -0.2) is 30.9 Å². The van der Waals surface area contributed by atoms with Gasteiger partial charge in [-0.15, -0.1) is 0 Å². The Kier molecular flexibility index (Phi) is 3.83. The molecular weight excluding hydrogens is 252 g/mol. The number of rotatable bonds is 7. The van der Waals surface area contributed by atoms with Crippen molar-refractivity contribution in [3.8, 4) is 0 Å². The molecular formula is C16H24N2O2. The molecule has 1 heterocycles. The third kappa shape index (κ3) is 3.42. The van der Waals surface area contributed by atoms with Gasteiger partial charge in [0, 0.05) is 13.0 Å². The van der Waals surface area contributed by atoms with Crippen molar-refractivity contribution in [3.63, 3.8) is 0 Å². The summed E-state index contributed by atoms with van der Waals surface area (Å²) in [7, 11) is 1.84. The van der Waals surface area contributed by atoms with Crippen LogP contribution in [0.15, 0.2) is 16.5 Å². The molecule has 0 aliphatic heterocycles. The van der Waals surface area contributed by atoms with Crippen molar-refractivity contribution in [1.82, 2.24) is 10.2 Å². The van der Waals surface area contributed by atoms with E-state index in [1.165, 1.54) is 19.3 Å². The van der Waals surface area contributed by atoms with Crippen LogP contribution >= 0.6 is 0 Å². The fourth-order valence-electron chi connectivity index (χ4n) is 2.56. The Morgan fingerprint density at radius 1 is 1.45 bits per heavy atom. The lowest BCUT2D eigenvalue weighted by Crippen LogP contribution is -2.35. The molecule has 0 aromatic carbocycles. The van der Waals surface area contributed by atoms with E-state index in [4.69, 9.17) is 4.42 Å². The maximum absolute atomic E-state index is 12.0. The fraction of sp³-hybridized carbons (Fsp3) is 0.688. The molecule has 3 rings (SSSR count). The normalized spacial score (nSPS) is 24.7. The summed E-state index contributed by atoms with van der Waals surface area (Å²) < 4.78 is 5.84. The number of amides is 1. The second-order valence-corrected chi connectivity index (χ2v) is 6.45. The van der Waals surface area contributed by atoms with E-state index in [9.17, 15) is 4.79 Å². The molecule has 2 aliphatic carbocycles. The topological polar surface area (TPSA) is 45.5 Å². The molecule has 4 nitrogen and oxygen atoms in total. The predicted molar refractivity (Wildman–Crippen MR) is 77.3 cm³/mol. The van der Waals surface area contributed by atoms with Crippen molar-refractivity contribution >= 4 is 5.91 Å². The SMILES string of the molecule is CC1CC1c1ccc(CN(C)C(=O)CNCC2CC2)o1. The monoisotopic (exact) mass is 276 g/mol. The number of furan rings is 1. The number of hydrogen-bond donors (Lipinski definition) is 1. The van der Waals surface area contributed by atoms with Crippen molar-refractivity contribution in [1.29, 1.82) is 0 Å². The number of hydrogen-bond acceptors (Lipinski definition) is 3. The van der Waals surface area contributed by atoms with Crippen molar-refractivity contribution in [3.05, 3.63) is 23.7 Å². The third-order valence-electron chi connectivity index (χ3n) is 4.38. The zero-order chi connectivity index (χ0) is 14.1. The Labute approximate surface area is 120 Å². The van der Waals surface area contributed by atoms with Crippen molar-refractivity contribution in [2.45, 2.75) is 38.6 Å². The molecule has 4 heteroatoms. The van der Waals surface area contributed by atoms with E-state index in [-0.39, 0.29) is 5.91 Å². The first-order valence-corrected chi connectivity index (χ1v) is 7.66. The summed E-state index contributed by atoms with van der Waals surface area (Å²) >= 11 is 0. The van der Waals surface area contributed by atoms with Gasteiger partial charge in [-0.25, -0.2) is 0 Å². The molecule has 0 bridgehead atoms. The van der Waals surface area contributed by atoms with Crippen molar-refractivity contribution in [2.24, 2.45) is 11.8 Å². The van der Waals surface area contributed by atoms with Crippen LogP contribution in [0.2, 0.25) is 0 Å². The summed E-state index contributed by atoms with van der Waals surface area (Å²) in [5.74, 6) is 4.26. The summed E-state index contributed by atoms with van der Waals surface area (Å²) in [6.45, 7) is 4.21. The largest absolute Gasteiger partial charge is 0.464 e. The number of carbonyl (C=O) groups excluding carboxylic acids is 1. The zero-order valence-electron chi connectivity index (χ0n) is 12.4. The summed E-state index contributed by atoms with van der Waals surface area (Å²) in [6.07, 6.45) is 3.85. The molecule has 2 unspecified atom stereocenters. The maximum Gasteiger partial charge on any atom is 0.236 e. The minimum absolute atomic E-state index is 0.128. The van der Waals surface area contributed by atoms with Gasteiger partial charge >= 0.3 is 0 Å². The summed E-state index contributed by atoms with van der Waals surface area (Å²) in [5.41, 5.74) is 0. The van der Waals surface area contributed by atoms with Crippen LogP contribution in [0.3, 0.4) is 0 Å². The van der Waals surface area contributed by atoms with E-state index in [0.717, 1.165) is 29.9 Å². The van der Waals surface area contributed by atoms with Gasteiger partial charge < -0.3 is 14.6 Å². The zero-order valence-corrected chi connectivity index (χ0v) is 12.4. The van der Waals surface area contributed by atoms with Gasteiger partial charge in [-0.2, -0.15) is 0 Å². The van der Waals surface area contributed by atoms with Gasteiger partial charge in [-0.05, 0) is 49.8 Å². The van der Waals surface area contributed by atoms with Gasteiger partial charge in [-0.1, -0.05) is 6.92 Å². The molecule has 0 saturated heterocycles. The Bertz CT molecular complexity index is 479. The number of nitrogens with one attached hydrogen (secondary N) is 1. The lowest BCUT2D eigenvalue weighted by molar-refractivity contribution is -0.129. The summed E-state index contributed by atoms with van der Waals surface area (Å²) in [4.78, 5) is 13.7. The van der Waals surface area contributed by atoms with Gasteiger partial charge in [0.05, 0.1) is 13.1 Å². The van der Waals surface area contributed by atoms with E-state index in [1.54, 1.807) is 4.90 Å². The van der Waals surface area contributed by atoms with Gasteiger partial charge in [-0.3, -0.25) is 4.79 Å². The van der Waals surface area contributed by atoms with Crippen LogP contribution in [0.1, 0.15) is 43.6 Å². The standard InChI is InChI=1S/C16H24N2O2/c1-11-7-14(11)15-6-5-13(20-15)10-18(2)16(19)9-17-8-12-3-4-12/h5-6,11-12,14,17H,3-4,7-10H2,1-2H3. The first-order valence-electron chi connectivity index (χ1n) is 7.66. The highest BCUT2D eigenvalue weighted by atomic mass is 16.3. The van der Waals surface area contributed by atoms with E-state index in [1.807, 2.05) is 13.1 Å². The smallest absolute Gasteiger partial charge is 0.236 e. The second kappa shape index (κ2) is 5.60. The van der Waals surface area contributed by atoms with Crippen LogP contribution < -0.4 is 5.32 Å². The van der Waals surface area contributed by atoms with Gasteiger partial charge in [0.2, 0.25) is 5.91 Å².